The third-order valence-corrected chi connectivity index (χ3v) is 5.81. The minimum absolute atomic E-state index is 0.0644. The Bertz CT molecular complexity index is 992. The summed E-state index contributed by atoms with van der Waals surface area (Å²) < 4.78 is 0. The van der Waals surface area contributed by atoms with Crippen LogP contribution in [0.3, 0.4) is 0 Å². The number of nitrogens with one attached hydrogen (secondary N) is 2. The molecule has 1 aliphatic rings. The number of hydrogen-bond donors (Lipinski definition) is 4. The zero-order valence-corrected chi connectivity index (χ0v) is 16.7. The van der Waals surface area contributed by atoms with Crippen LogP contribution >= 0.6 is 11.3 Å². The van der Waals surface area contributed by atoms with E-state index in [1.54, 1.807) is 17.5 Å². The molecule has 1 fully saturated rings. The molecule has 1 amide bonds. The molecule has 0 aliphatic heterocycles. The standard InChI is InChI=1S/C20H23N7OS/c21-15-6-1-2-7-16(15)26-20-24-11-14(17(22)28)18(27-20)25-13-5-3-4-12(10-13)19-23-8-9-29-19/h3-5,8-11,15-16H,1-2,6-7,21H2,(H2,22,28)(H2,24,25,26,27)/t15-,16+/m0/s1. The maximum atomic E-state index is 11.9. The maximum absolute atomic E-state index is 11.9. The summed E-state index contributed by atoms with van der Waals surface area (Å²) >= 11 is 1.56. The van der Waals surface area contributed by atoms with Crippen LogP contribution in [0.1, 0.15) is 36.0 Å². The Morgan fingerprint density at radius 3 is 2.83 bits per heavy atom. The van der Waals surface area contributed by atoms with E-state index in [0.29, 0.717) is 11.8 Å². The predicted octanol–water partition coefficient (Wildman–Crippen LogP) is 3.12. The molecule has 0 saturated heterocycles. The van der Waals surface area contributed by atoms with Crippen molar-refractivity contribution in [2.45, 2.75) is 37.8 Å². The number of primary amides is 1. The van der Waals surface area contributed by atoms with Gasteiger partial charge in [-0.1, -0.05) is 25.0 Å². The molecule has 2 heterocycles. The first-order valence-electron chi connectivity index (χ1n) is 9.56. The van der Waals surface area contributed by atoms with E-state index in [1.807, 2.05) is 29.6 Å². The largest absolute Gasteiger partial charge is 0.365 e. The van der Waals surface area contributed by atoms with Crippen molar-refractivity contribution in [2.75, 3.05) is 10.6 Å². The maximum Gasteiger partial charge on any atom is 0.254 e. The smallest absolute Gasteiger partial charge is 0.254 e. The highest BCUT2D eigenvalue weighted by Crippen LogP contribution is 2.27. The van der Waals surface area contributed by atoms with E-state index < -0.39 is 5.91 Å². The summed E-state index contributed by atoms with van der Waals surface area (Å²) in [5, 5.41) is 9.35. The number of carbonyl (C=O) groups is 1. The molecule has 2 aromatic heterocycles. The van der Waals surface area contributed by atoms with Crippen LogP contribution in [0.4, 0.5) is 17.5 Å². The minimum atomic E-state index is -0.593. The van der Waals surface area contributed by atoms with E-state index in [1.165, 1.54) is 6.20 Å². The number of nitrogens with two attached hydrogens (primary N) is 2. The summed E-state index contributed by atoms with van der Waals surface area (Å²) in [5.74, 6) is 0.191. The summed E-state index contributed by atoms with van der Waals surface area (Å²) in [6.45, 7) is 0. The fourth-order valence-corrected chi connectivity index (χ4v) is 4.10. The van der Waals surface area contributed by atoms with E-state index in [9.17, 15) is 4.79 Å². The molecule has 1 aromatic carbocycles. The number of rotatable bonds is 6. The molecule has 8 nitrogen and oxygen atoms in total. The van der Waals surface area contributed by atoms with Crippen molar-refractivity contribution in [1.82, 2.24) is 15.0 Å². The van der Waals surface area contributed by atoms with Gasteiger partial charge in [-0.25, -0.2) is 9.97 Å². The molecule has 0 radical (unpaired) electrons. The topological polar surface area (TPSA) is 132 Å². The van der Waals surface area contributed by atoms with Gasteiger partial charge in [0.05, 0.1) is 0 Å². The van der Waals surface area contributed by atoms with E-state index in [4.69, 9.17) is 11.5 Å². The first-order valence-corrected chi connectivity index (χ1v) is 10.4. The lowest BCUT2D eigenvalue weighted by Crippen LogP contribution is -2.43. The van der Waals surface area contributed by atoms with Crippen LogP contribution in [-0.4, -0.2) is 32.9 Å². The highest BCUT2D eigenvalue weighted by Gasteiger charge is 2.23. The van der Waals surface area contributed by atoms with Gasteiger partial charge in [0.2, 0.25) is 5.95 Å². The number of hydrogen-bond acceptors (Lipinski definition) is 8. The van der Waals surface area contributed by atoms with Crippen LogP contribution in [0.5, 0.6) is 0 Å². The molecular weight excluding hydrogens is 386 g/mol. The third kappa shape index (κ3) is 4.52. The summed E-state index contributed by atoms with van der Waals surface area (Å²) in [7, 11) is 0. The molecule has 2 atom stereocenters. The second kappa shape index (κ2) is 8.54. The quantitative estimate of drug-likeness (QED) is 0.492. The Labute approximate surface area is 172 Å². The average Bonchev–Trinajstić information content (AvgIpc) is 3.25. The van der Waals surface area contributed by atoms with Gasteiger partial charge in [-0.05, 0) is 25.0 Å². The summed E-state index contributed by atoms with van der Waals surface area (Å²) in [6, 6.07) is 7.93. The van der Waals surface area contributed by atoms with Crippen LogP contribution in [0, 0.1) is 0 Å². The Hall–Kier alpha value is -3.04. The number of thiazole rings is 1. The lowest BCUT2D eigenvalue weighted by atomic mass is 9.91. The van der Waals surface area contributed by atoms with Gasteiger partial charge < -0.3 is 22.1 Å². The zero-order chi connectivity index (χ0) is 20.2. The number of aromatic nitrogens is 3. The van der Waals surface area contributed by atoms with Gasteiger partial charge in [0.25, 0.3) is 5.91 Å². The summed E-state index contributed by atoms with van der Waals surface area (Å²) in [6.07, 6.45) is 7.43. The molecule has 1 saturated carbocycles. The number of anilines is 3. The van der Waals surface area contributed by atoms with E-state index in [-0.39, 0.29) is 17.6 Å². The Kier molecular flexibility index (Phi) is 5.68. The fraction of sp³-hybridized carbons (Fsp3) is 0.300. The molecular formula is C20H23N7OS. The molecule has 150 valence electrons. The summed E-state index contributed by atoms with van der Waals surface area (Å²) in [4.78, 5) is 25.0. The van der Waals surface area contributed by atoms with Crippen LogP contribution in [0.15, 0.2) is 42.0 Å². The molecule has 29 heavy (non-hydrogen) atoms. The number of carbonyl (C=O) groups excluding carboxylic acids is 1. The van der Waals surface area contributed by atoms with Crippen LogP contribution in [0.25, 0.3) is 10.6 Å². The van der Waals surface area contributed by atoms with Gasteiger partial charge in [0, 0.05) is 41.1 Å². The van der Waals surface area contributed by atoms with Gasteiger partial charge in [0.1, 0.15) is 16.4 Å². The Morgan fingerprint density at radius 2 is 2.07 bits per heavy atom. The molecule has 3 aromatic rings. The Morgan fingerprint density at radius 1 is 1.21 bits per heavy atom. The highest BCUT2D eigenvalue weighted by atomic mass is 32.1. The van der Waals surface area contributed by atoms with Crippen molar-refractivity contribution >= 4 is 34.7 Å². The van der Waals surface area contributed by atoms with Crippen molar-refractivity contribution in [3.8, 4) is 10.6 Å². The van der Waals surface area contributed by atoms with Crippen molar-refractivity contribution < 1.29 is 4.79 Å². The second-order valence-electron chi connectivity index (χ2n) is 7.06. The van der Waals surface area contributed by atoms with Gasteiger partial charge in [0.15, 0.2) is 0 Å². The zero-order valence-electron chi connectivity index (χ0n) is 15.8. The van der Waals surface area contributed by atoms with Gasteiger partial charge >= 0.3 is 0 Å². The number of nitrogens with zero attached hydrogens (tertiary/aromatic N) is 3. The first kappa shape index (κ1) is 19.3. The molecule has 0 bridgehead atoms. The SMILES string of the molecule is NC(=O)c1cnc(N[C@@H]2CCCC[C@@H]2N)nc1Nc1cccc(-c2nccs2)c1. The molecule has 1 aliphatic carbocycles. The lowest BCUT2D eigenvalue weighted by Gasteiger charge is -2.29. The van der Waals surface area contributed by atoms with Crippen molar-refractivity contribution in [3.63, 3.8) is 0 Å². The average molecular weight is 410 g/mol. The lowest BCUT2D eigenvalue weighted by molar-refractivity contribution is 0.100. The molecule has 6 N–H and O–H groups in total. The van der Waals surface area contributed by atoms with E-state index in [0.717, 1.165) is 41.9 Å². The minimum Gasteiger partial charge on any atom is -0.365 e. The van der Waals surface area contributed by atoms with Crippen molar-refractivity contribution in [3.05, 3.63) is 47.6 Å². The van der Waals surface area contributed by atoms with Gasteiger partial charge in [-0.2, -0.15) is 4.98 Å². The third-order valence-electron chi connectivity index (χ3n) is 4.99. The van der Waals surface area contributed by atoms with E-state index in [2.05, 4.69) is 25.6 Å². The van der Waals surface area contributed by atoms with Crippen LogP contribution in [0.2, 0.25) is 0 Å². The van der Waals surface area contributed by atoms with Crippen molar-refractivity contribution in [2.24, 2.45) is 11.5 Å². The monoisotopic (exact) mass is 409 g/mol. The predicted molar refractivity (Wildman–Crippen MR) is 115 cm³/mol. The molecule has 0 spiro atoms. The number of benzene rings is 1. The van der Waals surface area contributed by atoms with Crippen molar-refractivity contribution in [1.29, 1.82) is 0 Å². The Balaban J connectivity index is 1.60. The van der Waals surface area contributed by atoms with E-state index >= 15 is 0 Å². The molecule has 9 heteroatoms. The second-order valence-corrected chi connectivity index (χ2v) is 7.96. The number of amides is 1. The van der Waals surface area contributed by atoms with Gasteiger partial charge in [-0.15, -0.1) is 11.3 Å². The van der Waals surface area contributed by atoms with Gasteiger partial charge in [-0.3, -0.25) is 4.79 Å². The molecule has 0 unspecified atom stereocenters. The van der Waals surface area contributed by atoms with Crippen LogP contribution < -0.4 is 22.1 Å². The highest BCUT2D eigenvalue weighted by molar-refractivity contribution is 7.13. The fourth-order valence-electron chi connectivity index (χ4n) is 3.46. The first-order chi connectivity index (χ1) is 14.1. The molecule has 4 rings (SSSR count). The van der Waals surface area contributed by atoms with Crippen LogP contribution in [-0.2, 0) is 0 Å². The normalized spacial score (nSPS) is 18.9. The summed E-state index contributed by atoms with van der Waals surface area (Å²) in [5.41, 5.74) is 13.7.